The third-order valence-electron chi connectivity index (χ3n) is 5.92. The number of anilines is 3. The number of nitrogens with zero attached hydrogens (tertiary/aromatic N) is 1. The van der Waals surface area contributed by atoms with E-state index in [1.807, 2.05) is 6.07 Å². The maximum atomic E-state index is 14.4. The van der Waals surface area contributed by atoms with Gasteiger partial charge in [-0.25, -0.2) is 4.39 Å². The number of hydrogen-bond donors (Lipinski definition) is 4. The highest BCUT2D eigenvalue weighted by Crippen LogP contribution is 2.44. The van der Waals surface area contributed by atoms with Crippen LogP contribution in [0.5, 0.6) is 5.75 Å². The zero-order chi connectivity index (χ0) is 22.2. The van der Waals surface area contributed by atoms with Crippen molar-refractivity contribution in [3.8, 4) is 17.0 Å². The standard InChI is InChI=1S/C24H24FN5O2/c1-13-5-3-6-14-11-27-24(31)19-20(14)30-21(15-9-10-26-12-18(15)28-13)22(19)29-17-8-4-7-16(25)23(17)32-2/h3-5,7-10,12-14,28-30H,6,11H2,1-2H3,(H,27,31)/b5-3-. The average molecular weight is 433 g/mol. The molecule has 4 N–H and O–H groups in total. The van der Waals surface area contributed by atoms with E-state index in [0.717, 1.165) is 29.1 Å². The molecule has 5 rings (SSSR count). The monoisotopic (exact) mass is 433 g/mol. The largest absolute Gasteiger partial charge is 0.492 e. The molecule has 32 heavy (non-hydrogen) atoms. The van der Waals surface area contributed by atoms with Crippen LogP contribution in [0.3, 0.4) is 0 Å². The summed E-state index contributed by atoms with van der Waals surface area (Å²) in [4.78, 5) is 20.8. The summed E-state index contributed by atoms with van der Waals surface area (Å²) in [6.45, 7) is 2.62. The highest BCUT2D eigenvalue weighted by atomic mass is 19.1. The maximum absolute atomic E-state index is 14.4. The molecule has 7 nitrogen and oxygen atoms in total. The molecule has 8 heteroatoms. The molecular formula is C24H24FN5O2. The second-order valence-electron chi connectivity index (χ2n) is 8.03. The van der Waals surface area contributed by atoms with Crippen LogP contribution in [0.25, 0.3) is 11.3 Å². The van der Waals surface area contributed by atoms with Gasteiger partial charge >= 0.3 is 0 Å². The minimum atomic E-state index is -0.481. The first kappa shape index (κ1) is 20.1. The number of allylic oxidation sites excluding steroid dienone is 1. The number of rotatable bonds is 3. The average Bonchev–Trinajstić information content (AvgIpc) is 3.14. The van der Waals surface area contributed by atoms with Crippen molar-refractivity contribution < 1.29 is 13.9 Å². The summed E-state index contributed by atoms with van der Waals surface area (Å²) in [5.41, 5.74) is 4.85. The van der Waals surface area contributed by atoms with Gasteiger partial charge in [0, 0.05) is 36.0 Å². The number of benzene rings is 1. The van der Waals surface area contributed by atoms with Crippen LogP contribution < -0.4 is 20.7 Å². The van der Waals surface area contributed by atoms with E-state index in [2.05, 4.69) is 45.0 Å². The van der Waals surface area contributed by atoms with Gasteiger partial charge in [-0.2, -0.15) is 0 Å². The van der Waals surface area contributed by atoms with Crippen molar-refractivity contribution in [2.45, 2.75) is 25.3 Å². The number of halogens is 1. The van der Waals surface area contributed by atoms with Gasteiger partial charge in [0.25, 0.3) is 5.91 Å². The summed E-state index contributed by atoms with van der Waals surface area (Å²) in [5, 5.41) is 9.77. The third-order valence-corrected chi connectivity index (χ3v) is 5.92. The predicted octanol–water partition coefficient (Wildman–Crippen LogP) is 4.56. The molecule has 2 aliphatic heterocycles. The van der Waals surface area contributed by atoms with Gasteiger partial charge in [0.2, 0.25) is 0 Å². The van der Waals surface area contributed by atoms with Gasteiger partial charge in [-0.15, -0.1) is 0 Å². The lowest BCUT2D eigenvalue weighted by Gasteiger charge is -2.23. The molecule has 0 aliphatic carbocycles. The van der Waals surface area contributed by atoms with Crippen LogP contribution in [0.1, 0.15) is 35.3 Å². The molecule has 2 atom stereocenters. The topological polar surface area (TPSA) is 91.1 Å². The summed E-state index contributed by atoms with van der Waals surface area (Å²) in [5.74, 6) is -0.467. The Hall–Kier alpha value is -3.81. The maximum Gasteiger partial charge on any atom is 0.255 e. The van der Waals surface area contributed by atoms with E-state index >= 15 is 0 Å². The fraction of sp³-hybridized carbons (Fsp3) is 0.250. The van der Waals surface area contributed by atoms with Crippen molar-refractivity contribution in [1.29, 1.82) is 0 Å². The second kappa shape index (κ2) is 8.03. The zero-order valence-corrected chi connectivity index (χ0v) is 17.8. The molecule has 2 bridgehead atoms. The second-order valence-corrected chi connectivity index (χ2v) is 8.03. The van der Waals surface area contributed by atoms with Crippen LogP contribution in [0.2, 0.25) is 0 Å². The number of carbonyl (C=O) groups is 1. The van der Waals surface area contributed by atoms with Crippen molar-refractivity contribution in [2.75, 3.05) is 24.3 Å². The van der Waals surface area contributed by atoms with E-state index in [1.165, 1.54) is 13.2 Å². The van der Waals surface area contributed by atoms with Crippen molar-refractivity contribution in [3.63, 3.8) is 0 Å². The summed E-state index contributed by atoms with van der Waals surface area (Å²) >= 11 is 0. The number of pyridine rings is 1. The Labute approximate surface area is 185 Å². The lowest BCUT2D eigenvalue weighted by molar-refractivity contribution is 0.0941. The smallest absolute Gasteiger partial charge is 0.255 e. The van der Waals surface area contributed by atoms with E-state index in [4.69, 9.17) is 4.74 Å². The Morgan fingerprint density at radius 3 is 3.00 bits per heavy atom. The number of hydrogen-bond acceptors (Lipinski definition) is 5. The number of methoxy groups -OCH3 is 1. The van der Waals surface area contributed by atoms with Crippen LogP contribution in [0, 0.1) is 5.82 Å². The molecule has 0 saturated heterocycles. The highest BCUT2D eigenvalue weighted by Gasteiger charge is 2.33. The minimum Gasteiger partial charge on any atom is -0.492 e. The number of H-pyrrole nitrogens is 1. The number of amides is 1. The number of aromatic amines is 1. The first-order valence-corrected chi connectivity index (χ1v) is 10.6. The summed E-state index contributed by atoms with van der Waals surface area (Å²) in [7, 11) is 1.42. The Morgan fingerprint density at radius 1 is 1.28 bits per heavy atom. The Morgan fingerprint density at radius 2 is 2.16 bits per heavy atom. The summed E-state index contributed by atoms with van der Waals surface area (Å²) in [6, 6.07) is 6.66. The predicted molar refractivity (Wildman–Crippen MR) is 122 cm³/mol. The summed E-state index contributed by atoms with van der Waals surface area (Å²) in [6.07, 6.45) is 8.51. The summed E-state index contributed by atoms with van der Waals surface area (Å²) < 4.78 is 19.7. The fourth-order valence-electron chi connectivity index (χ4n) is 4.41. The lowest BCUT2D eigenvalue weighted by Crippen LogP contribution is -2.35. The van der Waals surface area contributed by atoms with Crippen LogP contribution in [-0.4, -0.2) is 35.6 Å². The number of para-hydroxylation sites is 1. The fourth-order valence-corrected chi connectivity index (χ4v) is 4.41. The molecule has 2 aromatic heterocycles. The molecule has 4 heterocycles. The molecule has 1 amide bonds. The number of fused-ring (bicyclic) bond motifs is 3. The molecule has 0 fully saturated rings. The first-order valence-electron chi connectivity index (χ1n) is 10.6. The van der Waals surface area contributed by atoms with Gasteiger partial charge in [0.15, 0.2) is 11.6 Å². The van der Waals surface area contributed by atoms with Crippen LogP contribution >= 0.6 is 0 Å². The van der Waals surface area contributed by atoms with Gasteiger partial charge in [-0.05, 0) is 31.5 Å². The lowest BCUT2D eigenvalue weighted by atomic mass is 9.93. The van der Waals surface area contributed by atoms with Crippen LogP contribution in [0.15, 0.2) is 48.8 Å². The molecule has 2 unspecified atom stereocenters. The van der Waals surface area contributed by atoms with E-state index in [0.29, 0.717) is 23.5 Å². The van der Waals surface area contributed by atoms with Gasteiger partial charge in [0.1, 0.15) is 0 Å². The number of carbonyl (C=O) groups excluding carboxylic acids is 1. The number of aromatic nitrogens is 2. The van der Waals surface area contributed by atoms with Crippen molar-refractivity contribution >= 4 is 23.0 Å². The van der Waals surface area contributed by atoms with E-state index in [-0.39, 0.29) is 23.6 Å². The van der Waals surface area contributed by atoms with Crippen LogP contribution in [0.4, 0.5) is 21.5 Å². The van der Waals surface area contributed by atoms with Crippen LogP contribution in [-0.2, 0) is 0 Å². The molecule has 3 aromatic rings. The highest BCUT2D eigenvalue weighted by molar-refractivity contribution is 6.07. The minimum absolute atomic E-state index is 0.0897. The van der Waals surface area contributed by atoms with Crippen molar-refractivity contribution in [3.05, 3.63) is 65.9 Å². The molecule has 0 spiro atoms. The SMILES string of the molecule is COc1c(F)cccc1Nc1c2[nH]c3c1C(=O)NCC3C/C=C\C(C)Nc1cnccc1-2. The Bertz CT molecular complexity index is 1220. The molecule has 164 valence electrons. The third kappa shape index (κ3) is 3.37. The van der Waals surface area contributed by atoms with E-state index in [9.17, 15) is 9.18 Å². The molecule has 2 aliphatic rings. The van der Waals surface area contributed by atoms with Gasteiger partial charge < -0.3 is 25.7 Å². The van der Waals surface area contributed by atoms with Gasteiger partial charge in [0.05, 0.1) is 41.6 Å². The van der Waals surface area contributed by atoms with E-state index in [1.54, 1.807) is 24.5 Å². The Kier molecular flexibility index (Phi) is 5.05. The number of nitrogens with one attached hydrogen (secondary N) is 4. The zero-order valence-electron chi connectivity index (χ0n) is 17.8. The number of ether oxygens (including phenoxy) is 1. The van der Waals surface area contributed by atoms with Gasteiger partial charge in [-0.1, -0.05) is 18.2 Å². The molecule has 0 saturated carbocycles. The first-order chi connectivity index (χ1) is 15.6. The molecular weight excluding hydrogens is 409 g/mol. The van der Waals surface area contributed by atoms with Crippen molar-refractivity contribution in [1.82, 2.24) is 15.3 Å². The molecule has 0 radical (unpaired) electrons. The van der Waals surface area contributed by atoms with E-state index < -0.39 is 5.82 Å². The quantitative estimate of drug-likeness (QED) is 0.455. The Balaban J connectivity index is 1.75. The van der Waals surface area contributed by atoms with Gasteiger partial charge in [-0.3, -0.25) is 9.78 Å². The molecule has 1 aromatic carbocycles. The normalized spacial score (nSPS) is 20.3. The van der Waals surface area contributed by atoms with Crippen molar-refractivity contribution in [2.24, 2.45) is 0 Å².